The second kappa shape index (κ2) is 7.68. The summed E-state index contributed by atoms with van der Waals surface area (Å²) in [6.07, 6.45) is 1.75. The monoisotopic (exact) mass is 516 g/mol. The van der Waals surface area contributed by atoms with Crippen molar-refractivity contribution in [2.75, 3.05) is 20.0 Å². The van der Waals surface area contributed by atoms with E-state index in [-0.39, 0.29) is 0 Å². The predicted octanol–water partition coefficient (Wildman–Crippen LogP) is 5.50. The molecular formula is C21H18Br2N4O2. The zero-order valence-electron chi connectivity index (χ0n) is 16.0. The number of hydrogen-bond acceptors (Lipinski definition) is 5. The normalized spacial score (nSPS) is 11.1. The van der Waals surface area contributed by atoms with E-state index in [0.717, 1.165) is 42.6 Å². The largest absolute Gasteiger partial charge is 0.496 e. The third-order valence-corrected chi connectivity index (χ3v) is 5.91. The molecule has 0 aliphatic carbocycles. The van der Waals surface area contributed by atoms with Gasteiger partial charge in [-0.15, -0.1) is 0 Å². The van der Waals surface area contributed by atoms with Gasteiger partial charge in [-0.25, -0.2) is 4.98 Å². The summed E-state index contributed by atoms with van der Waals surface area (Å²) in [7, 11) is 3.27. The molecule has 2 aromatic heterocycles. The Bertz CT molecular complexity index is 1240. The average Bonchev–Trinajstić information content (AvgIpc) is 3.12. The summed E-state index contributed by atoms with van der Waals surface area (Å²) >= 11 is 7.13. The second-order valence-electron chi connectivity index (χ2n) is 6.41. The number of benzene rings is 2. The summed E-state index contributed by atoms with van der Waals surface area (Å²) in [5.74, 6) is 1.92. The van der Waals surface area contributed by atoms with Crippen LogP contribution in [0, 0.1) is 6.92 Å². The zero-order valence-corrected chi connectivity index (χ0v) is 19.2. The van der Waals surface area contributed by atoms with Gasteiger partial charge in [0.25, 0.3) is 0 Å². The highest BCUT2D eigenvalue weighted by Gasteiger charge is 2.22. The van der Waals surface area contributed by atoms with Gasteiger partial charge in [0.15, 0.2) is 5.65 Å². The van der Waals surface area contributed by atoms with Crippen molar-refractivity contribution in [1.82, 2.24) is 14.6 Å². The van der Waals surface area contributed by atoms with Crippen LogP contribution in [0.3, 0.4) is 0 Å². The molecule has 0 fully saturated rings. The molecule has 0 aliphatic heterocycles. The Balaban J connectivity index is 2.01. The Labute approximate surface area is 184 Å². The molecule has 0 saturated heterocycles. The first-order valence-corrected chi connectivity index (χ1v) is 10.4. The number of nitrogens with zero attached hydrogens (tertiary/aromatic N) is 3. The van der Waals surface area contributed by atoms with E-state index in [1.54, 1.807) is 24.9 Å². The fourth-order valence-corrected chi connectivity index (χ4v) is 4.35. The molecule has 148 valence electrons. The van der Waals surface area contributed by atoms with Gasteiger partial charge < -0.3 is 15.2 Å². The Morgan fingerprint density at radius 2 is 1.72 bits per heavy atom. The lowest BCUT2D eigenvalue weighted by atomic mass is 10.0. The summed E-state index contributed by atoms with van der Waals surface area (Å²) in [6, 6.07) is 11.6. The fraction of sp³-hybridized carbons (Fsp3) is 0.143. The fourth-order valence-electron chi connectivity index (χ4n) is 3.44. The number of methoxy groups -OCH3 is 2. The second-order valence-corrected chi connectivity index (χ2v) is 8.18. The minimum atomic E-state index is 0.484. The zero-order chi connectivity index (χ0) is 20.7. The van der Waals surface area contributed by atoms with Gasteiger partial charge in [-0.2, -0.15) is 9.61 Å². The van der Waals surface area contributed by atoms with E-state index in [1.165, 1.54) is 0 Å². The molecule has 0 saturated carbocycles. The van der Waals surface area contributed by atoms with Crippen molar-refractivity contribution in [2.45, 2.75) is 6.92 Å². The number of nitrogens with two attached hydrogens (primary N) is 1. The maximum atomic E-state index is 6.58. The molecule has 4 rings (SSSR count). The maximum absolute atomic E-state index is 6.58. The number of hydrogen-bond donors (Lipinski definition) is 1. The molecule has 6 nitrogen and oxygen atoms in total. The third kappa shape index (κ3) is 3.26. The lowest BCUT2D eigenvalue weighted by molar-refractivity contribution is 0.416. The lowest BCUT2D eigenvalue weighted by Gasteiger charge is -2.16. The first-order chi connectivity index (χ1) is 14.0. The summed E-state index contributed by atoms with van der Waals surface area (Å²) in [5, 5.41) is 4.51. The molecule has 4 aromatic rings. The van der Waals surface area contributed by atoms with Crippen LogP contribution in [0.4, 0.5) is 5.82 Å². The van der Waals surface area contributed by atoms with Crippen LogP contribution in [-0.4, -0.2) is 28.8 Å². The van der Waals surface area contributed by atoms with Gasteiger partial charge in [-0.1, -0.05) is 37.9 Å². The highest BCUT2D eigenvalue weighted by molar-refractivity contribution is 9.10. The number of nitrogen functional groups attached to an aromatic ring is 1. The van der Waals surface area contributed by atoms with E-state index in [2.05, 4.69) is 37.0 Å². The van der Waals surface area contributed by atoms with E-state index in [9.17, 15) is 0 Å². The molecule has 0 aliphatic rings. The molecule has 29 heavy (non-hydrogen) atoms. The standard InChI is InChI=1S/C21H18Br2N4O2/c1-11-18(19-15(23)5-4-6-17(19)29-3)20(24)27-21(26-11)14(10-25-27)13-9-12(22)7-8-16(13)28-2/h4-10H,24H2,1-3H3. The first-order valence-electron chi connectivity index (χ1n) is 8.76. The summed E-state index contributed by atoms with van der Waals surface area (Å²) in [6.45, 7) is 1.93. The Morgan fingerprint density at radius 1 is 0.966 bits per heavy atom. The van der Waals surface area contributed by atoms with Crippen molar-refractivity contribution in [2.24, 2.45) is 0 Å². The number of rotatable bonds is 4. The van der Waals surface area contributed by atoms with E-state index >= 15 is 0 Å². The molecule has 8 heteroatoms. The molecule has 2 heterocycles. The van der Waals surface area contributed by atoms with Crippen molar-refractivity contribution < 1.29 is 9.47 Å². The Morgan fingerprint density at radius 3 is 2.45 bits per heavy atom. The molecule has 0 unspecified atom stereocenters. The van der Waals surface area contributed by atoms with Gasteiger partial charge in [0.2, 0.25) is 0 Å². The van der Waals surface area contributed by atoms with Gasteiger partial charge in [0.1, 0.15) is 17.3 Å². The van der Waals surface area contributed by atoms with Crippen LogP contribution in [-0.2, 0) is 0 Å². The number of ether oxygens (including phenoxy) is 2. The highest BCUT2D eigenvalue weighted by Crippen LogP contribution is 2.42. The molecule has 0 radical (unpaired) electrons. The minimum absolute atomic E-state index is 0.484. The van der Waals surface area contributed by atoms with Crippen LogP contribution in [0.2, 0.25) is 0 Å². The van der Waals surface area contributed by atoms with Gasteiger partial charge in [0.05, 0.1) is 37.2 Å². The average molecular weight is 518 g/mol. The van der Waals surface area contributed by atoms with Gasteiger partial charge in [-0.05, 0) is 37.3 Å². The molecule has 0 amide bonds. The number of fused-ring (bicyclic) bond motifs is 1. The molecular weight excluding hydrogens is 500 g/mol. The van der Waals surface area contributed by atoms with Gasteiger partial charge in [-0.3, -0.25) is 0 Å². The Hall–Kier alpha value is -2.58. The number of aryl methyl sites for hydroxylation is 1. The quantitative estimate of drug-likeness (QED) is 0.387. The van der Waals surface area contributed by atoms with Crippen LogP contribution in [0.5, 0.6) is 11.5 Å². The van der Waals surface area contributed by atoms with Crippen LogP contribution in [0.15, 0.2) is 51.5 Å². The summed E-state index contributed by atoms with van der Waals surface area (Å²) < 4.78 is 14.5. The summed E-state index contributed by atoms with van der Waals surface area (Å²) in [5.41, 5.74) is 11.4. The lowest BCUT2D eigenvalue weighted by Crippen LogP contribution is -2.06. The van der Waals surface area contributed by atoms with Crippen molar-refractivity contribution in [1.29, 1.82) is 0 Å². The first kappa shape index (κ1) is 19.7. The summed E-state index contributed by atoms with van der Waals surface area (Å²) in [4.78, 5) is 4.84. The minimum Gasteiger partial charge on any atom is -0.496 e. The molecule has 0 bridgehead atoms. The van der Waals surface area contributed by atoms with Crippen molar-refractivity contribution in [3.63, 3.8) is 0 Å². The van der Waals surface area contributed by atoms with Crippen LogP contribution in [0.1, 0.15) is 5.69 Å². The number of anilines is 1. The van der Waals surface area contributed by atoms with Crippen LogP contribution >= 0.6 is 31.9 Å². The predicted molar refractivity (Wildman–Crippen MR) is 122 cm³/mol. The van der Waals surface area contributed by atoms with E-state index in [4.69, 9.17) is 20.2 Å². The topological polar surface area (TPSA) is 74.7 Å². The van der Waals surface area contributed by atoms with Gasteiger partial charge in [0, 0.05) is 20.1 Å². The van der Waals surface area contributed by atoms with Crippen LogP contribution < -0.4 is 15.2 Å². The smallest absolute Gasteiger partial charge is 0.165 e. The molecule has 2 aromatic carbocycles. The van der Waals surface area contributed by atoms with Crippen molar-refractivity contribution in [3.05, 3.63) is 57.2 Å². The van der Waals surface area contributed by atoms with Crippen molar-refractivity contribution >= 4 is 43.3 Å². The third-order valence-electron chi connectivity index (χ3n) is 4.76. The maximum Gasteiger partial charge on any atom is 0.165 e. The van der Waals surface area contributed by atoms with Gasteiger partial charge >= 0.3 is 0 Å². The van der Waals surface area contributed by atoms with E-state index in [0.29, 0.717) is 17.2 Å². The number of halogens is 2. The SMILES string of the molecule is COc1ccc(Br)cc1-c1cnn2c(N)c(-c3c(Br)cccc3OC)c(C)nc12. The molecule has 2 N–H and O–H groups in total. The highest BCUT2D eigenvalue weighted by atomic mass is 79.9. The Kier molecular flexibility index (Phi) is 5.23. The number of aromatic nitrogens is 3. The molecule has 0 atom stereocenters. The van der Waals surface area contributed by atoms with Crippen molar-refractivity contribution in [3.8, 4) is 33.8 Å². The van der Waals surface area contributed by atoms with Crippen LogP contribution in [0.25, 0.3) is 27.9 Å². The molecule has 0 spiro atoms. The van der Waals surface area contributed by atoms with E-state index < -0.39 is 0 Å². The van der Waals surface area contributed by atoms with E-state index in [1.807, 2.05) is 43.3 Å².